The number of ether oxygens (including phenoxy) is 3. The third-order valence-electron chi connectivity index (χ3n) is 5.15. The van der Waals surface area contributed by atoms with Crippen molar-refractivity contribution < 1.29 is 19.0 Å². The molecule has 1 saturated carbocycles. The van der Waals surface area contributed by atoms with Crippen molar-refractivity contribution in [3.63, 3.8) is 0 Å². The van der Waals surface area contributed by atoms with Crippen molar-refractivity contribution in [3.8, 4) is 23.0 Å². The quantitative estimate of drug-likeness (QED) is 0.726. The lowest BCUT2D eigenvalue weighted by Gasteiger charge is -2.31. The fourth-order valence-corrected chi connectivity index (χ4v) is 3.61. The second-order valence-electron chi connectivity index (χ2n) is 6.80. The maximum Gasteiger partial charge on any atom is 0.257 e. The molecule has 1 amide bonds. The van der Waals surface area contributed by atoms with E-state index in [-0.39, 0.29) is 5.91 Å². The zero-order chi connectivity index (χ0) is 19.2. The van der Waals surface area contributed by atoms with Crippen LogP contribution < -0.4 is 14.2 Å². The normalized spacial score (nSPS) is 14.5. The van der Waals surface area contributed by atoms with Gasteiger partial charge >= 0.3 is 0 Å². The largest absolute Gasteiger partial charge is 0.493 e. The molecule has 0 saturated heterocycles. The van der Waals surface area contributed by atoms with Crippen LogP contribution in [-0.4, -0.2) is 38.1 Å². The monoisotopic (exact) mass is 369 g/mol. The van der Waals surface area contributed by atoms with Crippen molar-refractivity contribution in [1.29, 1.82) is 0 Å². The maximum absolute atomic E-state index is 13.1. The Labute approximate surface area is 160 Å². The van der Waals surface area contributed by atoms with Gasteiger partial charge < -0.3 is 19.1 Å². The lowest BCUT2D eigenvalue weighted by Crippen LogP contribution is -2.38. The summed E-state index contributed by atoms with van der Waals surface area (Å²) in [7, 11) is 5.04. The van der Waals surface area contributed by atoms with Crippen LogP contribution >= 0.6 is 0 Å². The van der Waals surface area contributed by atoms with Gasteiger partial charge in [0.15, 0.2) is 11.5 Å². The molecule has 0 heterocycles. The molecule has 0 unspecified atom stereocenters. The summed E-state index contributed by atoms with van der Waals surface area (Å²) in [4.78, 5) is 15.0. The molecule has 2 aromatic rings. The van der Waals surface area contributed by atoms with E-state index in [9.17, 15) is 4.79 Å². The van der Waals surface area contributed by atoms with Crippen molar-refractivity contribution in [3.05, 3.63) is 48.0 Å². The van der Waals surface area contributed by atoms with Crippen LogP contribution in [0.5, 0.6) is 23.0 Å². The fourth-order valence-electron chi connectivity index (χ4n) is 3.61. The lowest BCUT2D eigenvalue weighted by molar-refractivity contribution is 0.0693. The SMILES string of the molecule is COc1cccc(Oc2ccccc2C(=O)N(C)C2CCCCC2)c1OC. The number of carbonyl (C=O) groups is 1. The minimum Gasteiger partial charge on any atom is -0.493 e. The third kappa shape index (κ3) is 4.18. The molecule has 0 aliphatic heterocycles. The molecule has 144 valence electrons. The molecule has 0 spiro atoms. The average molecular weight is 369 g/mol. The van der Waals surface area contributed by atoms with E-state index in [1.54, 1.807) is 32.4 Å². The summed E-state index contributed by atoms with van der Waals surface area (Å²) < 4.78 is 16.8. The van der Waals surface area contributed by atoms with Crippen molar-refractivity contribution in [2.75, 3.05) is 21.3 Å². The van der Waals surface area contributed by atoms with E-state index in [1.165, 1.54) is 19.3 Å². The number of carbonyl (C=O) groups excluding carboxylic acids is 1. The zero-order valence-electron chi connectivity index (χ0n) is 16.2. The van der Waals surface area contributed by atoms with E-state index in [4.69, 9.17) is 14.2 Å². The van der Waals surface area contributed by atoms with Crippen molar-refractivity contribution in [2.45, 2.75) is 38.1 Å². The van der Waals surface area contributed by atoms with Gasteiger partial charge in [0, 0.05) is 13.1 Å². The number of nitrogens with zero attached hydrogens (tertiary/aromatic N) is 1. The highest BCUT2D eigenvalue weighted by Gasteiger charge is 2.25. The van der Waals surface area contributed by atoms with Crippen LogP contribution in [0.15, 0.2) is 42.5 Å². The highest BCUT2D eigenvalue weighted by Crippen LogP contribution is 2.40. The summed E-state index contributed by atoms with van der Waals surface area (Å²) in [5.41, 5.74) is 0.551. The van der Waals surface area contributed by atoms with E-state index in [0.29, 0.717) is 34.6 Å². The van der Waals surface area contributed by atoms with Gasteiger partial charge in [0.1, 0.15) is 5.75 Å². The first-order chi connectivity index (χ1) is 13.2. The van der Waals surface area contributed by atoms with Crippen molar-refractivity contribution in [2.24, 2.45) is 0 Å². The first kappa shape index (κ1) is 19.1. The predicted molar refractivity (Wildman–Crippen MR) is 105 cm³/mol. The number of rotatable bonds is 6. The third-order valence-corrected chi connectivity index (χ3v) is 5.15. The molecule has 5 nitrogen and oxygen atoms in total. The van der Waals surface area contributed by atoms with Gasteiger partial charge in [0.25, 0.3) is 5.91 Å². The Morgan fingerprint density at radius 2 is 1.56 bits per heavy atom. The number of hydrogen-bond acceptors (Lipinski definition) is 4. The first-order valence-corrected chi connectivity index (χ1v) is 9.40. The van der Waals surface area contributed by atoms with E-state index >= 15 is 0 Å². The van der Waals surface area contributed by atoms with Gasteiger partial charge in [-0.05, 0) is 37.1 Å². The summed E-state index contributed by atoms with van der Waals surface area (Å²) in [5.74, 6) is 2.09. The molecule has 0 N–H and O–H groups in total. The van der Waals surface area contributed by atoms with E-state index in [1.807, 2.05) is 36.2 Å². The second-order valence-corrected chi connectivity index (χ2v) is 6.80. The number of amides is 1. The number of methoxy groups -OCH3 is 2. The van der Waals surface area contributed by atoms with Crippen molar-refractivity contribution in [1.82, 2.24) is 4.90 Å². The van der Waals surface area contributed by atoms with Gasteiger partial charge in [-0.1, -0.05) is 37.5 Å². The molecule has 1 fully saturated rings. The summed E-state index contributed by atoms with van der Waals surface area (Å²) in [6.07, 6.45) is 5.75. The summed E-state index contributed by atoms with van der Waals surface area (Å²) in [6, 6.07) is 13.1. The van der Waals surface area contributed by atoms with Crippen LogP contribution in [0.3, 0.4) is 0 Å². The molecule has 0 bridgehead atoms. The van der Waals surface area contributed by atoms with Gasteiger partial charge in [0.05, 0.1) is 19.8 Å². The van der Waals surface area contributed by atoms with Crippen molar-refractivity contribution >= 4 is 5.91 Å². The van der Waals surface area contributed by atoms with Gasteiger partial charge in [-0.15, -0.1) is 0 Å². The van der Waals surface area contributed by atoms with Crippen LogP contribution in [0.2, 0.25) is 0 Å². The Morgan fingerprint density at radius 3 is 2.26 bits per heavy atom. The summed E-state index contributed by atoms with van der Waals surface area (Å²) >= 11 is 0. The Morgan fingerprint density at radius 1 is 0.889 bits per heavy atom. The average Bonchev–Trinajstić information content (AvgIpc) is 2.73. The first-order valence-electron chi connectivity index (χ1n) is 9.40. The lowest BCUT2D eigenvalue weighted by atomic mass is 9.94. The molecule has 27 heavy (non-hydrogen) atoms. The molecule has 5 heteroatoms. The summed E-state index contributed by atoms with van der Waals surface area (Å²) in [6.45, 7) is 0. The highest BCUT2D eigenvalue weighted by atomic mass is 16.5. The van der Waals surface area contributed by atoms with Crippen LogP contribution in [0.25, 0.3) is 0 Å². The minimum atomic E-state index is -0.0145. The van der Waals surface area contributed by atoms with Crippen LogP contribution in [0, 0.1) is 0 Å². The van der Waals surface area contributed by atoms with Crippen LogP contribution in [0.4, 0.5) is 0 Å². The van der Waals surface area contributed by atoms with Gasteiger partial charge in [-0.3, -0.25) is 4.79 Å². The Bertz CT molecular complexity index is 784. The zero-order valence-corrected chi connectivity index (χ0v) is 16.2. The van der Waals surface area contributed by atoms with Crippen LogP contribution in [0.1, 0.15) is 42.5 Å². The molecular formula is C22H27NO4. The second kappa shape index (κ2) is 8.80. The topological polar surface area (TPSA) is 48.0 Å². The van der Waals surface area contributed by atoms with Gasteiger partial charge in [-0.25, -0.2) is 0 Å². The molecular weight excluding hydrogens is 342 g/mol. The van der Waals surface area contributed by atoms with Gasteiger partial charge in [0.2, 0.25) is 5.75 Å². The Balaban J connectivity index is 1.87. The summed E-state index contributed by atoms with van der Waals surface area (Å²) in [5, 5.41) is 0. The molecule has 0 radical (unpaired) electrons. The molecule has 3 rings (SSSR count). The van der Waals surface area contributed by atoms with Gasteiger partial charge in [-0.2, -0.15) is 0 Å². The predicted octanol–water partition coefficient (Wildman–Crippen LogP) is 4.90. The minimum absolute atomic E-state index is 0.0145. The van der Waals surface area contributed by atoms with E-state index in [0.717, 1.165) is 12.8 Å². The number of hydrogen-bond donors (Lipinski definition) is 0. The fraction of sp³-hybridized carbons (Fsp3) is 0.409. The number of para-hydroxylation sites is 2. The molecule has 1 aliphatic rings. The van der Waals surface area contributed by atoms with E-state index < -0.39 is 0 Å². The smallest absolute Gasteiger partial charge is 0.257 e. The maximum atomic E-state index is 13.1. The molecule has 0 aromatic heterocycles. The number of benzene rings is 2. The molecule has 2 aromatic carbocycles. The highest BCUT2D eigenvalue weighted by molar-refractivity contribution is 5.97. The standard InChI is InChI=1S/C22H27NO4/c1-23(16-10-5-4-6-11-16)22(24)17-12-7-8-13-18(17)27-20-15-9-14-19(25-2)21(20)26-3/h7-9,12-16H,4-6,10-11H2,1-3H3. The molecule has 0 atom stereocenters. The Kier molecular flexibility index (Phi) is 6.22. The van der Waals surface area contributed by atoms with Crippen LogP contribution in [-0.2, 0) is 0 Å². The van der Waals surface area contributed by atoms with E-state index in [2.05, 4.69) is 0 Å². The Hall–Kier alpha value is -2.69. The molecule has 1 aliphatic carbocycles.